The van der Waals surface area contributed by atoms with Crippen molar-refractivity contribution in [3.8, 4) is 0 Å². The van der Waals surface area contributed by atoms with Gasteiger partial charge >= 0.3 is 5.69 Å². The summed E-state index contributed by atoms with van der Waals surface area (Å²) in [7, 11) is 1.53. The lowest BCUT2D eigenvalue weighted by Crippen LogP contribution is -2.29. The number of nitrogens with one attached hydrogen (secondary N) is 2. The number of aryl methyl sites for hydroxylation is 1. The van der Waals surface area contributed by atoms with Gasteiger partial charge in [0.05, 0.1) is 6.21 Å². The van der Waals surface area contributed by atoms with E-state index in [1.54, 1.807) is 29.0 Å². The first-order chi connectivity index (χ1) is 12.0. The summed E-state index contributed by atoms with van der Waals surface area (Å²) in [6.07, 6.45) is 3.22. The standard InChI is InChI=1S/C16H15ClN6O2/c1-3-8-23-12-13(22(2)16(25)20-14(12)24)19-15(23)21-18-9-10-4-6-11(17)7-5-10/h3-7,9H,1,8H2,2H3,(H,19,21)(H,20,24,25). The summed E-state index contributed by atoms with van der Waals surface area (Å²) in [5.74, 6) is 0.326. The maximum atomic E-state index is 12.1. The molecule has 25 heavy (non-hydrogen) atoms. The molecule has 3 aromatic rings. The van der Waals surface area contributed by atoms with Crippen LogP contribution in [0, 0.1) is 0 Å². The highest BCUT2D eigenvalue weighted by Crippen LogP contribution is 2.15. The molecule has 2 N–H and O–H groups in total. The molecule has 0 aliphatic carbocycles. The summed E-state index contributed by atoms with van der Waals surface area (Å²) in [4.78, 5) is 30.4. The average molecular weight is 359 g/mol. The van der Waals surface area contributed by atoms with E-state index in [4.69, 9.17) is 11.6 Å². The zero-order chi connectivity index (χ0) is 18.0. The molecule has 0 unspecified atom stereocenters. The van der Waals surface area contributed by atoms with Gasteiger partial charge in [0.2, 0.25) is 5.95 Å². The lowest BCUT2D eigenvalue weighted by atomic mass is 10.2. The Kier molecular flexibility index (Phi) is 4.53. The number of fused-ring (bicyclic) bond motifs is 1. The van der Waals surface area contributed by atoms with Crippen molar-refractivity contribution in [2.75, 3.05) is 5.43 Å². The number of imidazole rings is 1. The number of nitrogens with zero attached hydrogens (tertiary/aromatic N) is 4. The van der Waals surface area contributed by atoms with Crippen LogP contribution in [0.4, 0.5) is 5.95 Å². The van der Waals surface area contributed by atoms with Crippen molar-refractivity contribution in [1.82, 2.24) is 19.1 Å². The zero-order valence-electron chi connectivity index (χ0n) is 13.4. The molecule has 1 aromatic carbocycles. The molecule has 0 saturated heterocycles. The number of hydrogen-bond acceptors (Lipinski definition) is 5. The van der Waals surface area contributed by atoms with Gasteiger partial charge in [-0.05, 0) is 17.7 Å². The highest BCUT2D eigenvalue weighted by atomic mass is 35.5. The maximum absolute atomic E-state index is 12.1. The van der Waals surface area contributed by atoms with E-state index in [0.29, 0.717) is 17.5 Å². The molecule has 9 heteroatoms. The van der Waals surface area contributed by atoms with Crippen molar-refractivity contribution in [3.05, 3.63) is 68.3 Å². The Hall–Kier alpha value is -3.13. The Labute approximate surface area is 147 Å². The topological polar surface area (TPSA) is 97.1 Å². The normalized spacial score (nSPS) is 11.3. The molecule has 0 aliphatic heterocycles. The van der Waals surface area contributed by atoms with Crippen molar-refractivity contribution in [3.63, 3.8) is 0 Å². The van der Waals surface area contributed by atoms with Gasteiger partial charge in [0.15, 0.2) is 11.2 Å². The van der Waals surface area contributed by atoms with Crippen LogP contribution in [0.3, 0.4) is 0 Å². The van der Waals surface area contributed by atoms with Gasteiger partial charge in [0.1, 0.15) is 0 Å². The SMILES string of the molecule is C=CCn1c(NN=Cc2ccc(Cl)cc2)nc2c1c(=O)[nH]c(=O)n2C. The Morgan fingerprint density at radius 2 is 2.08 bits per heavy atom. The number of halogens is 1. The van der Waals surface area contributed by atoms with Gasteiger partial charge in [0, 0.05) is 18.6 Å². The van der Waals surface area contributed by atoms with Crippen LogP contribution in [0.25, 0.3) is 11.2 Å². The van der Waals surface area contributed by atoms with Crippen LogP contribution in [0.5, 0.6) is 0 Å². The largest absolute Gasteiger partial charge is 0.329 e. The first-order valence-corrected chi connectivity index (χ1v) is 7.74. The quantitative estimate of drug-likeness (QED) is 0.412. The van der Waals surface area contributed by atoms with Crippen LogP contribution < -0.4 is 16.7 Å². The molecule has 0 bridgehead atoms. The minimum absolute atomic E-state index is 0.264. The third-order valence-corrected chi connectivity index (χ3v) is 3.82. The predicted octanol–water partition coefficient (Wildman–Crippen LogP) is 1.71. The van der Waals surface area contributed by atoms with E-state index in [-0.39, 0.29) is 11.2 Å². The highest BCUT2D eigenvalue weighted by molar-refractivity contribution is 6.30. The molecular formula is C16H15ClN6O2. The van der Waals surface area contributed by atoms with Gasteiger partial charge in [-0.15, -0.1) is 6.58 Å². The van der Waals surface area contributed by atoms with Crippen LogP contribution >= 0.6 is 11.6 Å². The molecule has 3 rings (SSSR count). The van der Waals surface area contributed by atoms with Crippen LogP contribution in [0.2, 0.25) is 5.02 Å². The molecule has 0 spiro atoms. The van der Waals surface area contributed by atoms with Crippen molar-refractivity contribution < 1.29 is 0 Å². The molecule has 2 heterocycles. The van der Waals surface area contributed by atoms with Gasteiger partial charge in [-0.1, -0.05) is 29.8 Å². The second kappa shape index (κ2) is 6.78. The monoisotopic (exact) mass is 358 g/mol. The number of benzene rings is 1. The summed E-state index contributed by atoms with van der Waals surface area (Å²) < 4.78 is 2.87. The van der Waals surface area contributed by atoms with E-state index in [9.17, 15) is 9.59 Å². The molecule has 0 atom stereocenters. The fourth-order valence-electron chi connectivity index (χ4n) is 2.34. The fraction of sp³-hybridized carbons (Fsp3) is 0.125. The van der Waals surface area contributed by atoms with Gasteiger partial charge < -0.3 is 0 Å². The second-order valence-electron chi connectivity index (χ2n) is 5.25. The Bertz CT molecular complexity index is 1070. The lowest BCUT2D eigenvalue weighted by Gasteiger charge is -2.04. The third-order valence-electron chi connectivity index (χ3n) is 3.57. The smallest absolute Gasteiger partial charge is 0.299 e. The lowest BCUT2D eigenvalue weighted by molar-refractivity contribution is 0.819. The second-order valence-corrected chi connectivity index (χ2v) is 5.68. The number of rotatable bonds is 5. The third kappa shape index (κ3) is 3.24. The van der Waals surface area contributed by atoms with Crippen molar-refractivity contribution in [2.24, 2.45) is 12.1 Å². The molecule has 8 nitrogen and oxygen atoms in total. The van der Waals surface area contributed by atoms with E-state index in [0.717, 1.165) is 5.56 Å². The van der Waals surface area contributed by atoms with Crippen LogP contribution in [0.1, 0.15) is 5.56 Å². The number of aromatic nitrogens is 4. The highest BCUT2D eigenvalue weighted by Gasteiger charge is 2.16. The van der Waals surface area contributed by atoms with E-state index in [2.05, 4.69) is 27.1 Å². The molecule has 128 valence electrons. The number of H-pyrrole nitrogens is 1. The first-order valence-electron chi connectivity index (χ1n) is 7.36. The number of aromatic amines is 1. The fourth-order valence-corrected chi connectivity index (χ4v) is 2.47. The van der Waals surface area contributed by atoms with E-state index < -0.39 is 11.2 Å². The van der Waals surface area contributed by atoms with Gasteiger partial charge in [-0.3, -0.25) is 18.9 Å². The Morgan fingerprint density at radius 1 is 1.36 bits per heavy atom. The number of anilines is 1. The number of hydrogen-bond donors (Lipinski definition) is 2. The van der Waals surface area contributed by atoms with Crippen LogP contribution in [-0.2, 0) is 13.6 Å². The molecule has 2 aromatic heterocycles. The van der Waals surface area contributed by atoms with Crippen molar-refractivity contribution >= 4 is 34.9 Å². The molecular weight excluding hydrogens is 344 g/mol. The molecule has 0 fully saturated rings. The van der Waals surface area contributed by atoms with E-state index >= 15 is 0 Å². The number of allylic oxidation sites excluding steroid dienone is 1. The minimum atomic E-state index is -0.531. The van der Waals surface area contributed by atoms with Gasteiger partial charge in [-0.25, -0.2) is 10.2 Å². The van der Waals surface area contributed by atoms with E-state index in [1.165, 1.54) is 11.6 Å². The molecule has 0 aliphatic rings. The van der Waals surface area contributed by atoms with Crippen LogP contribution in [0.15, 0.2) is 51.6 Å². The van der Waals surface area contributed by atoms with Crippen molar-refractivity contribution in [1.29, 1.82) is 0 Å². The maximum Gasteiger partial charge on any atom is 0.329 e. The summed E-state index contributed by atoms with van der Waals surface area (Å²) >= 11 is 5.84. The molecule has 0 saturated carbocycles. The molecule has 0 amide bonds. The van der Waals surface area contributed by atoms with Gasteiger partial charge in [-0.2, -0.15) is 10.1 Å². The number of hydrazone groups is 1. The predicted molar refractivity (Wildman–Crippen MR) is 98.5 cm³/mol. The Balaban J connectivity index is 2.02. The van der Waals surface area contributed by atoms with E-state index in [1.807, 2.05) is 12.1 Å². The minimum Gasteiger partial charge on any atom is -0.299 e. The van der Waals surface area contributed by atoms with Crippen LogP contribution in [-0.4, -0.2) is 25.3 Å². The summed E-state index contributed by atoms with van der Waals surface area (Å²) in [6, 6.07) is 7.14. The van der Waals surface area contributed by atoms with Gasteiger partial charge in [0.25, 0.3) is 5.56 Å². The van der Waals surface area contributed by atoms with Crippen molar-refractivity contribution in [2.45, 2.75) is 6.54 Å². The summed E-state index contributed by atoms with van der Waals surface area (Å²) in [5, 5.41) is 4.76. The summed E-state index contributed by atoms with van der Waals surface area (Å²) in [5.41, 5.74) is 3.13. The average Bonchev–Trinajstić information content (AvgIpc) is 2.94. The molecule has 0 radical (unpaired) electrons. The summed E-state index contributed by atoms with van der Waals surface area (Å²) in [6.45, 7) is 4.01. The first kappa shape index (κ1) is 16.7. The Morgan fingerprint density at radius 3 is 2.76 bits per heavy atom. The zero-order valence-corrected chi connectivity index (χ0v) is 14.1.